The minimum Gasteiger partial charge on any atom is -0.466 e. The molecule has 2 unspecified atom stereocenters. The molecule has 2 atom stereocenters. The number of rotatable bonds is 56. The van der Waals surface area contributed by atoms with Crippen molar-refractivity contribution in [1.82, 2.24) is 5.32 Å². The van der Waals surface area contributed by atoms with Crippen molar-refractivity contribution in [2.45, 2.75) is 347 Å². The summed E-state index contributed by atoms with van der Waals surface area (Å²) in [6.45, 7) is 4.92. The zero-order valence-electron chi connectivity index (χ0n) is 44.7. The number of hydrogen-bond donors (Lipinski definition) is 3. The van der Waals surface area contributed by atoms with Gasteiger partial charge in [-0.3, -0.25) is 9.59 Å². The molecule has 0 aromatic rings. The van der Waals surface area contributed by atoms with Crippen LogP contribution in [0.5, 0.6) is 0 Å². The lowest BCUT2D eigenvalue weighted by molar-refractivity contribution is -0.143. The summed E-state index contributed by atoms with van der Waals surface area (Å²) < 4.78 is 5.49. The van der Waals surface area contributed by atoms with Crippen LogP contribution in [0, 0.1) is 0 Å². The van der Waals surface area contributed by atoms with Gasteiger partial charge in [-0.25, -0.2) is 0 Å². The Hall–Kier alpha value is -1.40. The second kappa shape index (κ2) is 56.2. The van der Waals surface area contributed by atoms with Crippen molar-refractivity contribution in [2.24, 2.45) is 0 Å². The van der Waals surface area contributed by atoms with Gasteiger partial charge in [-0.15, -0.1) is 0 Å². The first-order valence-corrected chi connectivity index (χ1v) is 30.0. The lowest BCUT2D eigenvalue weighted by Gasteiger charge is -2.20. The molecule has 66 heavy (non-hydrogen) atoms. The molecule has 0 aromatic heterocycles. The Kier molecular flexibility index (Phi) is 55.0. The lowest BCUT2D eigenvalue weighted by atomic mass is 10.0. The van der Waals surface area contributed by atoms with Crippen molar-refractivity contribution in [3.8, 4) is 0 Å². The monoisotopic (exact) mass is 932 g/mol. The number of aliphatic hydroxyl groups excluding tert-OH is 2. The second-order valence-corrected chi connectivity index (χ2v) is 20.7. The predicted molar refractivity (Wildman–Crippen MR) is 287 cm³/mol. The number of ether oxygens (including phenoxy) is 1. The Balaban J connectivity index is 3.37. The molecule has 0 aliphatic rings. The maximum absolute atomic E-state index is 12.4. The van der Waals surface area contributed by atoms with E-state index in [1.807, 2.05) is 6.08 Å². The molecule has 6 heteroatoms. The molecule has 0 aliphatic carbocycles. The minimum atomic E-state index is -0.843. The van der Waals surface area contributed by atoms with Gasteiger partial charge in [0.05, 0.1) is 25.4 Å². The number of nitrogens with one attached hydrogen (secondary N) is 1. The topological polar surface area (TPSA) is 95.9 Å². The number of carbonyl (C=O) groups excluding carboxylic acids is 2. The summed E-state index contributed by atoms with van der Waals surface area (Å²) in [7, 11) is 0. The van der Waals surface area contributed by atoms with Crippen LogP contribution in [-0.2, 0) is 14.3 Å². The Morgan fingerprint density at radius 3 is 1.03 bits per heavy atom. The first kappa shape index (κ1) is 64.6. The third-order valence-corrected chi connectivity index (χ3v) is 14.1. The van der Waals surface area contributed by atoms with E-state index in [1.54, 1.807) is 6.08 Å². The highest BCUT2D eigenvalue weighted by Gasteiger charge is 2.18. The van der Waals surface area contributed by atoms with Gasteiger partial charge in [0.15, 0.2) is 0 Å². The van der Waals surface area contributed by atoms with Gasteiger partial charge in [0.1, 0.15) is 0 Å². The fraction of sp³-hybridized carbons (Fsp3) is 0.933. The molecule has 0 saturated carbocycles. The molecule has 0 aromatic carbocycles. The standard InChI is InChI=1S/C60H117NO5/c1-3-5-7-9-11-13-15-17-18-27-30-34-38-42-46-50-54-60(65)66-55-51-47-43-39-35-31-28-25-23-21-19-20-22-24-26-29-33-37-41-45-49-53-59(64)61-57(56-62)58(63)52-48-44-40-36-32-16-14-12-10-8-6-4-2/h48,52,57-58,62-63H,3-47,49-51,53-56H2,1-2H3,(H,61,64)/b52-48+. The normalized spacial score (nSPS) is 12.6. The van der Waals surface area contributed by atoms with Crippen molar-refractivity contribution < 1.29 is 24.5 Å². The lowest BCUT2D eigenvalue weighted by Crippen LogP contribution is -2.45. The summed E-state index contributed by atoms with van der Waals surface area (Å²) in [4.78, 5) is 24.5. The van der Waals surface area contributed by atoms with Crippen LogP contribution >= 0.6 is 0 Å². The highest BCUT2D eigenvalue weighted by molar-refractivity contribution is 5.76. The van der Waals surface area contributed by atoms with E-state index in [1.165, 1.54) is 270 Å². The molecule has 3 N–H and O–H groups in total. The van der Waals surface area contributed by atoms with Crippen LogP contribution in [0.4, 0.5) is 0 Å². The van der Waals surface area contributed by atoms with Gasteiger partial charge in [-0.05, 0) is 32.1 Å². The summed E-state index contributed by atoms with van der Waals surface area (Å²) in [6, 6.07) is -0.626. The van der Waals surface area contributed by atoms with Crippen LogP contribution in [0.1, 0.15) is 335 Å². The molecular formula is C60H117NO5. The zero-order chi connectivity index (χ0) is 47.9. The molecule has 0 aliphatic heterocycles. The fourth-order valence-electron chi connectivity index (χ4n) is 9.46. The Bertz CT molecular complexity index is 986. The largest absolute Gasteiger partial charge is 0.466 e. The van der Waals surface area contributed by atoms with Crippen LogP contribution in [0.25, 0.3) is 0 Å². The molecule has 6 nitrogen and oxygen atoms in total. The molecule has 392 valence electrons. The van der Waals surface area contributed by atoms with E-state index >= 15 is 0 Å². The number of carbonyl (C=O) groups is 2. The average Bonchev–Trinajstić information content (AvgIpc) is 3.32. The Morgan fingerprint density at radius 2 is 0.697 bits per heavy atom. The number of allylic oxidation sites excluding steroid dienone is 1. The molecule has 0 radical (unpaired) electrons. The number of unbranched alkanes of at least 4 members (excludes halogenated alkanes) is 45. The maximum atomic E-state index is 12.4. The summed E-state index contributed by atoms with van der Waals surface area (Å²) >= 11 is 0. The van der Waals surface area contributed by atoms with Crippen LogP contribution in [-0.4, -0.2) is 47.4 Å². The summed E-state index contributed by atoms with van der Waals surface area (Å²) in [5.74, 6) is -0.0530. The fourth-order valence-corrected chi connectivity index (χ4v) is 9.46. The summed E-state index contributed by atoms with van der Waals surface area (Å²) in [5, 5.41) is 23.0. The first-order valence-electron chi connectivity index (χ1n) is 30.0. The molecule has 0 spiro atoms. The van der Waals surface area contributed by atoms with E-state index in [0.717, 1.165) is 38.5 Å². The van der Waals surface area contributed by atoms with Gasteiger partial charge in [0, 0.05) is 12.8 Å². The van der Waals surface area contributed by atoms with Crippen LogP contribution < -0.4 is 5.32 Å². The smallest absolute Gasteiger partial charge is 0.305 e. The van der Waals surface area contributed by atoms with Gasteiger partial charge in [-0.1, -0.05) is 302 Å². The minimum absolute atomic E-state index is 0.0152. The quantitative estimate of drug-likeness (QED) is 0.0321. The summed E-state index contributed by atoms with van der Waals surface area (Å²) in [6.07, 6.45) is 66.7. The van der Waals surface area contributed by atoms with Crippen molar-refractivity contribution in [3.63, 3.8) is 0 Å². The van der Waals surface area contributed by atoms with Crippen molar-refractivity contribution in [1.29, 1.82) is 0 Å². The van der Waals surface area contributed by atoms with Crippen LogP contribution in [0.2, 0.25) is 0 Å². The van der Waals surface area contributed by atoms with E-state index < -0.39 is 12.1 Å². The van der Waals surface area contributed by atoms with Crippen LogP contribution in [0.3, 0.4) is 0 Å². The van der Waals surface area contributed by atoms with Gasteiger partial charge < -0.3 is 20.3 Å². The van der Waals surface area contributed by atoms with E-state index in [2.05, 4.69) is 19.2 Å². The highest BCUT2D eigenvalue weighted by atomic mass is 16.5. The first-order chi connectivity index (χ1) is 32.5. The number of amides is 1. The molecule has 0 saturated heterocycles. The van der Waals surface area contributed by atoms with E-state index in [-0.39, 0.29) is 18.5 Å². The van der Waals surface area contributed by atoms with Gasteiger partial charge in [0.2, 0.25) is 5.91 Å². The SMILES string of the molecule is CCCCCCCCCCCC/C=C/C(O)C(CO)NC(=O)CCCCCCCCCCCCCCCCCCCCCCCOC(=O)CCCCCCCCCCCCCCCCCC. The number of hydrogen-bond acceptors (Lipinski definition) is 5. The van der Waals surface area contributed by atoms with Gasteiger partial charge in [0.25, 0.3) is 0 Å². The molecule has 0 rings (SSSR count). The average molecular weight is 933 g/mol. The zero-order valence-corrected chi connectivity index (χ0v) is 44.7. The van der Waals surface area contributed by atoms with E-state index in [0.29, 0.717) is 19.4 Å². The van der Waals surface area contributed by atoms with Crippen molar-refractivity contribution in [3.05, 3.63) is 12.2 Å². The van der Waals surface area contributed by atoms with Crippen molar-refractivity contribution >= 4 is 11.9 Å². The second-order valence-electron chi connectivity index (χ2n) is 20.7. The number of esters is 1. The maximum Gasteiger partial charge on any atom is 0.305 e. The number of aliphatic hydroxyl groups is 2. The van der Waals surface area contributed by atoms with Gasteiger partial charge >= 0.3 is 5.97 Å². The van der Waals surface area contributed by atoms with E-state index in [9.17, 15) is 19.8 Å². The third kappa shape index (κ3) is 52.0. The molecule has 0 heterocycles. The third-order valence-electron chi connectivity index (χ3n) is 14.1. The van der Waals surface area contributed by atoms with Gasteiger partial charge in [-0.2, -0.15) is 0 Å². The highest BCUT2D eigenvalue weighted by Crippen LogP contribution is 2.18. The summed E-state index contributed by atoms with van der Waals surface area (Å²) in [5.41, 5.74) is 0. The molecule has 0 bridgehead atoms. The Morgan fingerprint density at radius 1 is 0.409 bits per heavy atom. The Labute approximate surface area is 412 Å². The molecular weight excluding hydrogens is 815 g/mol. The molecule has 0 fully saturated rings. The predicted octanol–water partition coefficient (Wildman–Crippen LogP) is 18.5. The van der Waals surface area contributed by atoms with Crippen molar-refractivity contribution in [2.75, 3.05) is 13.2 Å². The van der Waals surface area contributed by atoms with Crippen LogP contribution in [0.15, 0.2) is 12.2 Å². The molecule has 1 amide bonds. The van der Waals surface area contributed by atoms with E-state index in [4.69, 9.17) is 4.74 Å².